The zero-order valence-electron chi connectivity index (χ0n) is 12.5. The van der Waals surface area contributed by atoms with E-state index >= 15 is 0 Å². The second-order valence-corrected chi connectivity index (χ2v) is 7.18. The largest absolute Gasteiger partial charge is 0.389 e. The van der Waals surface area contributed by atoms with Crippen molar-refractivity contribution in [3.8, 4) is 0 Å². The second-order valence-electron chi connectivity index (χ2n) is 6.20. The average molecular weight is 311 g/mol. The van der Waals surface area contributed by atoms with Gasteiger partial charge in [0.15, 0.2) is 0 Å². The molecule has 118 valence electrons. The van der Waals surface area contributed by atoms with Crippen LogP contribution in [0.3, 0.4) is 0 Å². The molecule has 1 saturated carbocycles. The molecule has 1 heterocycles. The van der Waals surface area contributed by atoms with Gasteiger partial charge in [0, 0.05) is 10.9 Å². The number of hydrogen-bond donors (Lipinski definition) is 3. The van der Waals surface area contributed by atoms with Crippen LogP contribution in [-0.2, 0) is 4.79 Å². The van der Waals surface area contributed by atoms with Gasteiger partial charge in [-0.25, -0.2) is 0 Å². The van der Waals surface area contributed by atoms with Crippen LogP contribution in [0.15, 0.2) is 17.5 Å². The summed E-state index contributed by atoms with van der Waals surface area (Å²) in [5.74, 6) is -0.120. The number of hydrogen-bond acceptors (Lipinski definition) is 4. The smallest absolute Gasteiger partial charge is 0.223 e. The van der Waals surface area contributed by atoms with Gasteiger partial charge in [0.2, 0.25) is 5.91 Å². The molecular weight excluding hydrogens is 286 g/mol. The van der Waals surface area contributed by atoms with Gasteiger partial charge in [0.1, 0.15) is 0 Å². The lowest BCUT2D eigenvalue weighted by atomic mass is 9.82. The van der Waals surface area contributed by atoms with E-state index < -0.39 is 11.7 Å². The van der Waals surface area contributed by atoms with Crippen molar-refractivity contribution in [1.82, 2.24) is 5.32 Å². The van der Waals surface area contributed by atoms with Crippen LogP contribution < -0.4 is 5.32 Å². The zero-order valence-corrected chi connectivity index (χ0v) is 13.4. The maximum Gasteiger partial charge on any atom is 0.223 e. The fraction of sp³-hybridized carbons (Fsp3) is 0.688. The van der Waals surface area contributed by atoms with Crippen LogP contribution in [0.4, 0.5) is 0 Å². The standard InChI is InChI=1S/C16H25NO3S/c1-12(10-13(18)14-6-5-9-21-14)17-15(19)11-16(20)7-3-2-4-8-16/h5-6,9,12-13,18,20H,2-4,7-8,10-11H2,1H3,(H,17,19)/t12-,13-/m1/s1. The highest BCUT2D eigenvalue weighted by molar-refractivity contribution is 7.10. The summed E-state index contributed by atoms with van der Waals surface area (Å²) in [6.07, 6.45) is 4.69. The van der Waals surface area contributed by atoms with E-state index in [4.69, 9.17) is 0 Å². The molecule has 3 N–H and O–H groups in total. The van der Waals surface area contributed by atoms with Crippen molar-refractivity contribution in [3.05, 3.63) is 22.4 Å². The van der Waals surface area contributed by atoms with Gasteiger partial charge in [-0.1, -0.05) is 25.3 Å². The molecule has 1 aromatic rings. The van der Waals surface area contributed by atoms with Crippen LogP contribution in [-0.4, -0.2) is 27.8 Å². The van der Waals surface area contributed by atoms with Crippen LogP contribution in [0.5, 0.6) is 0 Å². The number of amides is 1. The highest BCUT2D eigenvalue weighted by Crippen LogP contribution is 2.31. The predicted molar refractivity (Wildman–Crippen MR) is 84.2 cm³/mol. The fourth-order valence-electron chi connectivity index (χ4n) is 3.00. The van der Waals surface area contributed by atoms with Crippen molar-refractivity contribution in [3.63, 3.8) is 0 Å². The van der Waals surface area contributed by atoms with Crippen molar-refractivity contribution in [1.29, 1.82) is 0 Å². The highest BCUT2D eigenvalue weighted by atomic mass is 32.1. The van der Waals surface area contributed by atoms with Gasteiger partial charge in [-0.05, 0) is 37.6 Å². The van der Waals surface area contributed by atoms with Crippen LogP contribution in [0.25, 0.3) is 0 Å². The Kier molecular flexibility index (Phi) is 5.79. The van der Waals surface area contributed by atoms with E-state index in [1.807, 2.05) is 24.4 Å². The lowest BCUT2D eigenvalue weighted by Gasteiger charge is -2.31. The highest BCUT2D eigenvalue weighted by Gasteiger charge is 2.32. The molecule has 1 fully saturated rings. The number of carbonyl (C=O) groups is 1. The van der Waals surface area contributed by atoms with E-state index in [0.717, 1.165) is 24.1 Å². The van der Waals surface area contributed by atoms with Crippen molar-refractivity contribution in [2.75, 3.05) is 0 Å². The third-order valence-corrected chi connectivity index (χ3v) is 5.10. The van der Waals surface area contributed by atoms with Gasteiger partial charge in [-0.2, -0.15) is 0 Å². The lowest BCUT2D eigenvalue weighted by molar-refractivity contribution is -0.128. The molecule has 1 aliphatic carbocycles. The lowest BCUT2D eigenvalue weighted by Crippen LogP contribution is -2.41. The molecule has 0 bridgehead atoms. The third kappa shape index (κ3) is 5.09. The molecule has 2 atom stereocenters. The maximum absolute atomic E-state index is 12.0. The maximum atomic E-state index is 12.0. The molecule has 0 aliphatic heterocycles. The normalized spacial score (nSPS) is 20.7. The Morgan fingerprint density at radius 3 is 2.76 bits per heavy atom. The summed E-state index contributed by atoms with van der Waals surface area (Å²) in [5, 5.41) is 25.3. The summed E-state index contributed by atoms with van der Waals surface area (Å²) in [6, 6.07) is 3.70. The summed E-state index contributed by atoms with van der Waals surface area (Å²) in [6.45, 7) is 1.89. The van der Waals surface area contributed by atoms with Crippen molar-refractivity contribution in [2.45, 2.75) is 69.6 Å². The van der Waals surface area contributed by atoms with Crippen molar-refractivity contribution in [2.24, 2.45) is 0 Å². The molecule has 0 unspecified atom stereocenters. The first-order chi connectivity index (χ1) is 9.98. The van der Waals surface area contributed by atoms with Crippen LogP contribution in [0.2, 0.25) is 0 Å². The van der Waals surface area contributed by atoms with Gasteiger partial charge in [-0.15, -0.1) is 11.3 Å². The molecule has 2 rings (SSSR count). The first-order valence-electron chi connectivity index (χ1n) is 7.72. The number of aliphatic hydroxyl groups is 2. The van der Waals surface area contributed by atoms with Gasteiger partial charge in [0.05, 0.1) is 18.1 Å². The van der Waals surface area contributed by atoms with E-state index in [0.29, 0.717) is 19.3 Å². The fourth-order valence-corrected chi connectivity index (χ4v) is 3.73. The van der Waals surface area contributed by atoms with E-state index in [1.54, 1.807) is 0 Å². The minimum absolute atomic E-state index is 0.109. The van der Waals surface area contributed by atoms with Crippen LogP contribution >= 0.6 is 11.3 Å². The molecule has 0 radical (unpaired) electrons. The van der Waals surface area contributed by atoms with E-state index in [9.17, 15) is 15.0 Å². The number of thiophene rings is 1. The zero-order chi connectivity index (χ0) is 15.3. The van der Waals surface area contributed by atoms with E-state index in [-0.39, 0.29) is 18.4 Å². The second kappa shape index (κ2) is 7.38. The summed E-state index contributed by atoms with van der Waals surface area (Å²) in [7, 11) is 0. The third-order valence-electron chi connectivity index (χ3n) is 4.13. The summed E-state index contributed by atoms with van der Waals surface area (Å²) >= 11 is 1.52. The van der Waals surface area contributed by atoms with Gasteiger partial charge >= 0.3 is 0 Å². The molecule has 1 aromatic heterocycles. The first-order valence-corrected chi connectivity index (χ1v) is 8.60. The topological polar surface area (TPSA) is 69.6 Å². The minimum Gasteiger partial charge on any atom is -0.389 e. The van der Waals surface area contributed by atoms with E-state index in [1.165, 1.54) is 11.3 Å². The number of rotatable bonds is 6. The Labute approximate surface area is 130 Å². The van der Waals surface area contributed by atoms with Crippen molar-refractivity contribution >= 4 is 17.2 Å². The molecule has 1 amide bonds. The quantitative estimate of drug-likeness (QED) is 0.756. The Hall–Kier alpha value is -0.910. The minimum atomic E-state index is -0.825. The molecule has 0 saturated heterocycles. The molecule has 0 spiro atoms. The Bertz CT molecular complexity index is 440. The Morgan fingerprint density at radius 1 is 1.43 bits per heavy atom. The van der Waals surface area contributed by atoms with E-state index in [2.05, 4.69) is 5.32 Å². The van der Waals surface area contributed by atoms with Crippen LogP contribution in [0.1, 0.15) is 62.9 Å². The molecule has 1 aliphatic rings. The van der Waals surface area contributed by atoms with Crippen molar-refractivity contribution < 1.29 is 15.0 Å². The van der Waals surface area contributed by atoms with Crippen LogP contribution in [0, 0.1) is 0 Å². The summed E-state index contributed by atoms with van der Waals surface area (Å²) < 4.78 is 0. The predicted octanol–water partition coefficient (Wildman–Crippen LogP) is 2.76. The molecule has 21 heavy (non-hydrogen) atoms. The number of nitrogens with one attached hydrogen (secondary N) is 1. The molecule has 5 heteroatoms. The Morgan fingerprint density at radius 2 is 2.14 bits per heavy atom. The van der Waals surface area contributed by atoms with Gasteiger partial charge in [0.25, 0.3) is 0 Å². The molecular formula is C16H25NO3S. The van der Waals surface area contributed by atoms with Gasteiger partial charge < -0.3 is 15.5 Å². The number of aliphatic hydroxyl groups excluding tert-OH is 1. The first kappa shape index (κ1) is 16.5. The molecule has 0 aromatic carbocycles. The summed E-state index contributed by atoms with van der Waals surface area (Å²) in [4.78, 5) is 13.0. The average Bonchev–Trinajstić information content (AvgIpc) is 2.92. The molecule has 4 nitrogen and oxygen atoms in total. The Balaban J connectivity index is 1.76. The number of carbonyl (C=O) groups excluding carboxylic acids is 1. The van der Waals surface area contributed by atoms with Gasteiger partial charge in [-0.3, -0.25) is 4.79 Å². The summed E-state index contributed by atoms with van der Waals surface area (Å²) in [5.41, 5.74) is -0.825. The monoisotopic (exact) mass is 311 g/mol. The SMILES string of the molecule is C[C@H](C[C@@H](O)c1cccs1)NC(=O)CC1(O)CCCCC1.